The molecule has 2 aliphatic heterocycles. The molecule has 1 fully saturated rings. The first-order valence-electron chi connectivity index (χ1n) is 9.58. The highest BCUT2D eigenvalue weighted by Gasteiger charge is 2.37. The van der Waals surface area contributed by atoms with Gasteiger partial charge in [-0.3, -0.25) is 14.4 Å². The maximum atomic E-state index is 12.8. The number of rotatable bonds is 3. The number of β-amino-alcohol motifs (C(OH)–C–C–N with tert-alkyl or cyclic N) is 1. The molecule has 0 spiro atoms. The Bertz CT molecular complexity index is 828. The summed E-state index contributed by atoms with van der Waals surface area (Å²) in [4.78, 5) is 17.0. The molecule has 9 heteroatoms. The molecule has 0 aromatic carbocycles. The average Bonchev–Trinajstić information content (AvgIpc) is 3.29. The van der Waals surface area contributed by atoms with Crippen molar-refractivity contribution in [2.75, 3.05) is 19.6 Å². The van der Waals surface area contributed by atoms with Crippen molar-refractivity contribution in [3.63, 3.8) is 0 Å². The predicted molar refractivity (Wildman–Crippen MR) is 98.0 cm³/mol. The number of aliphatic hydroxyl groups excluding tert-OH is 1. The van der Waals surface area contributed by atoms with Gasteiger partial charge in [-0.1, -0.05) is 0 Å². The number of likely N-dealkylation sites (tertiary alicyclic amines) is 1. The Morgan fingerprint density at radius 1 is 1.26 bits per heavy atom. The smallest absolute Gasteiger partial charge is 0.272 e. The zero-order chi connectivity index (χ0) is 19.1. The normalized spacial score (nSPS) is 23.7. The topological polar surface area (TPSA) is 92.3 Å². The first-order valence-corrected chi connectivity index (χ1v) is 9.58. The zero-order valence-electron chi connectivity index (χ0n) is 16.1. The highest BCUT2D eigenvalue weighted by molar-refractivity contribution is 5.92. The Balaban J connectivity index is 1.54. The Morgan fingerprint density at radius 2 is 2.07 bits per heavy atom. The molecule has 0 bridgehead atoms. The molecule has 2 aromatic heterocycles. The highest BCUT2D eigenvalue weighted by Crippen LogP contribution is 2.33. The van der Waals surface area contributed by atoms with Crippen LogP contribution in [0.25, 0.3) is 0 Å². The number of carbonyl (C=O) groups is 1. The molecule has 4 heterocycles. The van der Waals surface area contributed by atoms with E-state index in [9.17, 15) is 9.90 Å². The summed E-state index contributed by atoms with van der Waals surface area (Å²) >= 11 is 0. The van der Waals surface area contributed by atoms with Gasteiger partial charge in [0, 0.05) is 51.9 Å². The van der Waals surface area contributed by atoms with Crippen LogP contribution in [0.3, 0.4) is 0 Å². The molecule has 2 aromatic rings. The zero-order valence-corrected chi connectivity index (χ0v) is 16.1. The maximum absolute atomic E-state index is 12.8. The third-order valence-corrected chi connectivity index (χ3v) is 5.66. The van der Waals surface area contributed by atoms with Crippen molar-refractivity contribution in [3.8, 4) is 0 Å². The predicted octanol–water partition coefficient (Wildman–Crippen LogP) is 0.226. The van der Waals surface area contributed by atoms with Crippen LogP contribution in [0.5, 0.6) is 0 Å². The van der Waals surface area contributed by atoms with Crippen molar-refractivity contribution in [3.05, 3.63) is 29.6 Å². The van der Waals surface area contributed by atoms with E-state index in [0.29, 0.717) is 50.8 Å². The highest BCUT2D eigenvalue weighted by atomic mass is 16.3. The van der Waals surface area contributed by atoms with Gasteiger partial charge in [0.05, 0.1) is 12.1 Å². The molecular weight excluding hydrogens is 346 g/mol. The fourth-order valence-electron chi connectivity index (χ4n) is 4.20. The van der Waals surface area contributed by atoms with Crippen LogP contribution in [-0.2, 0) is 20.0 Å². The van der Waals surface area contributed by atoms with Crippen LogP contribution in [0.2, 0.25) is 0 Å². The quantitative estimate of drug-likeness (QED) is 0.828. The van der Waals surface area contributed by atoms with Crippen molar-refractivity contribution < 1.29 is 9.90 Å². The molecule has 0 aliphatic carbocycles. The number of carbonyl (C=O) groups excluding carboxylic acids is 1. The standard InChI is InChI=1S/C18H27N7O2/c1-12(2)25-11-13(26)10-15(25)17-21-20-16-5-7-23(8-9-24(16)17)18(27)14-4-6-19-22(14)3/h4,6,12-13,15,26H,5,7-11H2,1-3H3/t13-,15+/m1/s1. The van der Waals surface area contributed by atoms with Gasteiger partial charge in [0.15, 0.2) is 5.82 Å². The van der Waals surface area contributed by atoms with Gasteiger partial charge in [-0.2, -0.15) is 5.10 Å². The summed E-state index contributed by atoms with van der Waals surface area (Å²) in [5.41, 5.74) is 0.595. The van der Waals surface area contributed by atoms with Crippen molar-refractivity contribution in [2.45, 2.75) is 51.4 Å². The summed E-state index contributed by atoms with van der Waals surface area (Å²) in [6.45, 7) is 6.83. The number of aromatic nitrogens is 5. The third-order valence-electron chi connectivity index (χ3n) is 5.66. The first kappa shape index (κ1) is 18.1. The summed E-state index contributed by atoms with van der Waals surface area (Å²) in [6, 6.07) is 2.15. The molecule has 1 saturated heterocycles. The van der Waals surface area contributed by atoms with Crippen molar-refractivity contribution in [1.82, 2.24) is 34.3 Å². The summed E-state index contributed by atoms with van der Waals surface area (Å²) in [5.74, 6) is 1.82. The maximum Gasteiger partial charge on any atom is 0.272 e. The van der Waals surface area contributed by atoms with Crippen LogP contribution in [-0.4, -0.2) is 77.1 Å². The lowest BCUT2D eigenvalue weighted by Crippen LogP contribution is -2.35. The molecule has 0 saturated carbocycles. The second-order valence-electron chi connectivity index (χ2n) is 7.70. The second kappa shape index (κ2) is 7.05. The van der Waals surface area contributed by atoms with E-state index in [0.717, 1.165) is 11.6 Å². The number of fused-ring (bicyclic) bond motifs is 1. The monoisotopic (exact) mass is 373 g/mol. The minimum absolute atomic E-state index is 0.00430. The van der Waals surface area contributed by atoms with E-state index in [4.69, 9.17) is 0 Å². The van der Waals surface area contributed by atoms with E-state index < -0.39 is 0 Å². The fraction of sp³-hybridized carbons (Fsp3) is 0.667. The van der Waals surface area contributed by atoms with E-state index in [1.807, 2.05) is 4.90 Å². The first-order chi connectivity index (χ1) is 13.0. The minimum Gasteiger partial charge on any atom is -0.392 e. The van der Waals surface area contributed by atoms with Gasteiger partial charge < -0.3 is 14.6 Å². The molecule has 146 valence electrons. The van der Waals surface area contributed by atoms with Gasteiger partial charge in [-0.05, 0) is 26.3 Å². The molecule has 9 nitrogen and oxygen atoms in total. The lowest BCUT2D eigenvalue weighted by molar-refractivity contribution is 0.0747. The van der Waals surface area contributed by atoms with Crippen LogP contribution >= 0.6 is 0 Å². The van der Waals surface area contributed by atoms with Crippen LogP contribution < -0.4 is 0 Å². The summed E-state index contributed by atoms with van der Waals surface area (Å²) in [7, 11) is 1.78. The molecule has 2 aliphatic rings. The van der Waals surface area contributed by atoms with Crippen LogP contribution in [0, 0.1) is 0 Å². The number of aliphatic hydroxyl groups is 1. The SMILES string of the molecule is CC(C)N1C[C@H](O)C[C@H]1c1nnc2n1CCN(C(=O)c1ccnn1C)CC2. The van der Waals surface area contributed by atoms with Crippen molar-refractivity contribution in [1.29, 1.82) is 0 Å². The molecule has 4 rings (SSSR count). The summed E-state index contributed by atoms with van der Waals surface area (Å²) in [6.07, 6.45) is 2.66. The van der Waals surface area contributed by atoms with Gasteiger partial charge in [-0.25, -0.2) is 0 Å². The molecule has 1 amide bonds. The van der Waals surface area contributed by atoms with Gasteiger partial charge >= 0.3 is 0 Å². The summed E-state index contributed by atoms with van der Waals surface area (Å²) in [5, 5.41) is 23.1. The van der Waals surface area contributed by atoms with Gasteiger partial charge in [0.2, 0.25) is 0 Å². The largest absolute Gasteiger partial charge is 0.392 e. The van der Waals surface area contributed by atoms with E-state index in [1.165, 1.54) is 0 Å². The van der Waals surface area contributed by atoms with Gasteiger partial charge in [0.25, 0.3) is 5.91 Å². The van der Waals surface area contributed by atoms with Gasteiger partial charge in [0.1, 0.15) is 11.5 Å². The number of hydrogen-bond acceptors (Lipinski definition) is 6. The Labute approximate surface area is 158 Å². The molecular formula is C18H27N7O2. The van der Waals surface area contributed by atoms with E-state index >= 15 is 0 Å². The summed E-state index contributed by atoms with van der Waals surface area (Å²) < 4.78 is 3.76. The molecule has 1 N–H and O–H groups in total. The molecule has 0 unspecified atom stereocenters. The Morgan fingerprint density at radius 3 is 2.78 bits per heavy atom. The second-order valence-corrected chi connectivity index (χ2v) is 7.70. The average molecular weight is 373 g/mol. The lowest BCUT2D eigenvalue weighted by Gasteiger charge is -2.27. The Kier molecular flexibility index (Phi) is 4.73. The van der Waals surface area contributed by atoms with E-state index in [-0.39, 0.29) is 18.1 Å². The van der Waals surface area contributed by atoms with Crippen molar-refractivity contribution >= 4 is 5.91 Å². The third kappa shape index (κ3) is 3.25. The van der Waals surface area contributed by atoms with Crippen LogP contribution in [0.1, 0.15) is 48.4 Å². The van der Waals surface area contributed by atoms with E-state index in [2.05, 4.69) is 38.6 Å². The minimum atomic E-state index is -0.334. The number of aryl methyl sites for hydroxylation is 1. The number of hydrogen-bond donors (Lipinski definition) is 1. The molecule has 2 atom stereocenters. The number of amides is 1. The Hall–Kier alpha value is -2.26. The van der Waals surface area contributed by atoms with Gasteiger partial charge in [-0.15, -0.1) is 10.2 Å². The lowest BCUT2D eigenvalue weighted by atomic mass is 10.1. The van der Waals surface area contributed by atoms with Crippen LogP contribution in [0.15, 0.2) is 12.3 Å². The van der Waals surface area contributed by atoms with Crippen LogP contribution in [0.4, 0.5) is 0 Å². The van der Waals surface area contributed by atoms with E-state index in [1.54, 1.807) is 24.0 Å². The van der Waals surface area contributed by atoms with Crippen molar-refractivity contribution in [2.24, 2.45) is 7.05 Å². The number of nitrogens with zero attached hydrogens (tertiary/aromatic N) is 7. The molecule has 0 radical (unpaired) electrons. The fourth-order valence-corrected chi connectivity index (χ4v) is 4.20. The molecule has 27 heavy (non-hydrogen) atoms.